The molecule has 0 fully saturated rings. The number of methoxy groups -OCH3 is 4. The third-order valence-corrected chi connectivity index (χ3v) is 7.47. The molecular weight excluding hydrogens is 518 g/mol. The highest BCUT2D eigenvalue weighted by Crippen LogP contribution is 2.45. The molecule has 0 aliphatic heterocycles. The van der Waals surface area contributed by atoms with Crippen molar-refractivity contribution in [2.24, 2.45) is 0 Å². The molecule has 5 N–H and O–H groups in total. The summed E-state index contributed by atoms with van der Waals surface area (Å²) in [6.45, 7) is 1.93. The summed E-state index contributed by atoms with van der Waals surface area (Å²) >= 11 is 1.34. The van der Waals surface area contributed by atoms with Crippen molar-refractivity contribution >= 4 is 23.1 Å². The van der Waals surface area contributed by atoms with Gasteiger partial charge in [0, 0.05) is 23.2 Å². The first-order chi connectivity index (χ1) is 18.8. The molecule has 3 aromatic carbocycles. The lowest BCUT2D eigenvalue weighted by Gasteiger charge is -2.18. The summed E-state index contributed by atoms with van der Waals surface area (Å²) in [6, 6.07) is 15.5. The number of aromatic nitrogens is 1. The number of phenolic OH excluding ortho intramolecular Hbond substituents is 1. The number of phenols is 1. The number of carbonyl (C=O) groups excluding carboxylic acids is 1. The number of nitrogens with one attached hydrogen (secondary N) is 1. The number of quaternary nitrogens is 1. The van der Waals surface area contributed by atoms with Gasteiger partial charge < -0.3 is 35.1 Å². The van der Waals surface area contributed by atoms with E-state index in [0.717, 1.165) is 27.1 Å². The Morgan fingerprint density at radius 2 is 1.54 bits per heavy atom. The average Bonchev–Trinajstić information content (AvgIpc) is 3.46. The number of benzene rings is 3. The van der Waals surface area contributed by atoms with E-state index in [1.807, 2.05) is 37.3 Å². The number of ether oxygens (including phenoxy) is 4. The van der Waals surface area contributed by atoms with Crippen LogP contribution >= 0.6 is 11.5 Å². The third kappa shape index (κ3) is 5.76. The minimum atomic E-state index is -0.583. The number of rotatable bonds is 10. The normalized spacial score (nSPS) is 12.4. The van der Waals surface area contributed by atoms with Crippen molar-refractivity contribution in [3.8, 4) is 50.3 Å². The van der Waals surface area contributed by atoms with Gasteiger partial charge in [-0.1, -0.05) is 25.1 Å². The smallest absolute Gasteiger partial charge is 0.283 e. The number of carbonyl (C=O) groups is 1. The van der Waals surface area contributed by atoms with Gasteiger partial charge in [-0.25, -0.2) is 0 Å². The molecule has 4 rings (SSSR count). The van der Waals surface area contributed by atoms with Crippen molar-refractivity contribution in [2.45, 2.75) is 18.9 Å². The summed E-state index contributed by atoms with van der Waals surface area (Å²) in [4.78, 5) is 14.1. The second-order valence-electron chi connectivity index (χ2n) is 8.87. The SMILES string of the molecule is COc1ccc(-c2cnsc2-c2cc(OC)c(OC)c(OC)c2)cc1NC(=O)[C@H]([NH3+])C(C)c1ccc(O)cc1. The van der Waals surface area contributed by atoms with Gasteiger partial charge in [0.25, 0.3) is 5.91 Å². The first-order valence-corrected chi connectivity index (χ1v) is 12.9. The molecule has 9 nitrogen and oxygen atoms in total. The van der Waals surface area contributed by atoms with Crippen molar-refractivity contribution in [1.29, 1.82) is 0 Å². The van der Waals surface area contributed by atoms with Crippen molar-refractivity contribution in [3.05, 3.63) is 66.4 Å². The summed E-state index contributed by atoms with van der Waals surface area (Å²) in [6.07, 6.45) is 1.79. The standard InChI is InChI=1S/C29H31N3O6S/c1-16(17-6-9-20(33)10-7-17)26(30)29(34)32-22-12-18(8-11-23(22)35-2)21-15-31-39-28(21)19-13-24(36-3)27(38-5)25(14-19)37-4/h6-16,26,33H,30H2,1-5H3,(H,32,34)/p+1/t16?,26-/m1/s1. The van der Waals surface area contributed by atoms with Gasteiger partial charge in [0.2, 0.25) is 5.75 Å². The van der Waals surface area contributed by atoms with Crippen LogP contribution in [0.15, 0.2) is 60.8 Å². The maximum Gasteiger partial charge on any atom is 0.283 e. The molecule has 39 heavy (non-hydrogen) atoms. The Bertz CT molecular complexity index is 1430. The molecule has 204 valence electrons. The van der Waals surface area contributed by atoms with Crippen LogP contribution in [0.4, 0.5) is 5.69 Å². The summed E-state index contributed by atoms with van der Waals surface area (Å²) in [7, 11) is 6.27. The summed E-state index contributed by atoms with van der Waals surface area (Å²) in [5.41, 5.74) is 8.10. The van der Waals surface area contributed by atoms with Crippen LogP contribution in [0, 0.1) is 0 Å². The van der Waals surface area contributed by atoms with Crippen molar-refractivity contribution in [3.63, 3.8) is 0 Å². The fourth-order valence-corrected chi connectivity index (χ4v) is 5.06. The molecule has 1 aromatic heterocycles. The fourth-order valence-electron chi connectivity index (χ4n) is 4.30. The van der Waals surface area contributed by atoms with E-state index < -0.39 is 6.04 Å². The molecule has 10 heteroatoms. The van der Waals surface area contributed by atoms with E-state index in [9.17, 15) is 9.90 Å². The minimum absolute atomic E-state index is 0.173. The Morgan fingerprint density at radius 1 is 0.897 bits per heavy atom. The van der Waals surface area contributed by atoms with Crippen molar-refractivity contribution in [2.75, 3.05) is 33.8 Å². The van der Waals surface area contributed by atoms with E-state index in [0.29, 0.717) is 28.7 Å². The van der Waals surface area contributed by atoms with Gasteiger partial charge in [-0.05, 0) is 59.1 Å². The first kappa shape index (κ1) is 27.7. The van der Waals surface area contributed by atoms with Crippen LogP contribution < -0.4 is 30.0 Å². The molecule has 1 unspecified atom stereocenters. The summed E-state index contributed by atoms with van der Waals surface area (Å²) in [5, 5.41) is 12.6. The van der Waals surface area contributed by atoms with E-state index >= 15 is 0 Å². The van der Waals surface area contributed by atoms with Gasteiger partial charge in [0.15, 0.2) is 17.5 Å². The zero-order valence-corrected chi connectivity index (χ0v) is 23.3. The summed E-state index contributed by atoms with van der Waals surface area (Å²) in [5.74, 6) is 1.86. The second kappa shape index (κ2) is 12.1. The topological polar surface area (TPSA) is 127 Å². The molecule has 0 saturated heterocycles. The molecular formula is C29H32N3O6S+. The number of hydrogen-bond acceptors (Lipinski definition) is 8. The van der Waals surface area contributed by atoms with Crippen LogP contribution in [0.3, 0.4) is 0 Å². The van der Waals surface area contributed by atoms with Crippen LogP contribution in [-0.2, 0) is 4.79 Å². The predicted molar refractivity (Wildman–Crippen MR) is 151 cm³/mol. The van der Waals surface area contributed by atoms with Crippen LogP contribution in [0.5, 0.6) is 28.7 Å². The monoisotopic (exact) mass is 550 g/mol. The van der Waals surface area contributed by atoms with Gasteiger partial charge in [0.05, 0.1) is 39.0 Å². The fraction of sp³-hybridized carbons (Fsp3) is 0.241. The number of amides is 1. The quantitative estimate of drug-likeness (QED) is 0.264. The van der Waals surface area contributed by atoms with Crippen molar-refractivity contribution in [1.82, 2.24) is 4.37 Å². The highest BCUT2D eigenvalue weighted by molar-refractivity contribution is 7.10. The lowest BCUT2D eigenvalue weighted by molar-refractivity contribution is -0.407. The van der Waals surface area contributed by atoms with E-state index in [4.69, 9.17) is 18.9 Å². The Labute approximate surface area is 231 Å². The highest BCUT2D eigenvalue weighted by atomic mass is 32.1. The Balaban J connectivity index is 1.66. The lowest BCUT2D eigenvalue weighted by Crippen LogP contribution is -2.68. The Morgan fingerprint density at radius 3 is 2.13 bits per heavy atom. The number of anilines is 1. The van der Waals surface area contributed by atoms with Gasteiger partial charge in [0.1, 0.15) is 11.5 Å². The zero-order chi connectivity index (χ0) is 28.1. The maximum absolute atomic E-state index is 13.2. The molecule has 1 heterocycles. The highest BCUT2D eigenvalue weighted by Gasteiger charge is 2.27. The second-order valence-corrected chi connectivity index (χ2v) is 9.68. The molecule has 0 bridgehead atoms. The van der Waals surface area contributed by atoms with Crippen molar-refractivity contribution < 1.29 is 34.6 Å². The molecule has 0 saturated carbocycles. The zero-order valence-electron chi connectivity index (χ0n) is 22.5. The van der Waals surface area contributed by atoms with E-state index in [1.54, 1.807) is 58.9 Å². The Hall–Kier alpha value is -4.28. The first-order valence-electron chi connectivity index (χ1n) is 12.2. The van der Waals surface area contributed by atoms with E-state index in [-0.39, 0.29) is 17.6 Å². The molecule has 4 aromatic rings. The summed E-state index contributed by atoms with van der Waals surface area (Å²) < 4.78 is 26.5. The lowest BCUT2D eigenvalue weighted by atomic mass is 9.93. The molecule has 0 aliphatic carbocycles. The Kier molecular flexibility index (Phi) is 8.58. The van der Waals surface area contributed by atoms with Crippen LogP contribution in [0.1, 0.15) is 18.4 Å². The largest absolute Gasteiger partial charge is 0.508 e. The van der Waals surface area contributed by atoms with E-state index in [1.165, 1.54) is 11.5 Å². The van der Waals surface area contributed by atoms with Gasteiger partial charge in [-0.15, -0.1) is 0 Å². The van der Waals surface area contributed by atoms with Crippen LogP contribution in [0.25, 0.3) is 21.6 Å². The molecule has 0 radical (unpaired) electrons. The van der Waals surface area contributed by atoms with Crippen LogP contribution in [0.2, 0.25) is 0 Å². The molecule has 0 aliphatic rings. The maximum atomic E-state index is 13.2. The number of hydrogen-bond donors (Lipinski definition) is 3. The molecule has 2 atom stereocenters. The van der Waals surface area contributed by atoms with Gasteiger partial charge in [-0.3, -0.25) is 4.79 Å². The third-order valence-electron chi connectivity index (χ3n) is 6.62. The van der Waals surface area contributed by atoms with Crippen LogP contribution in [-0.4, -0.2) is 49.9 Å². The predicted octanol–water partition coefficient (Wildman–Crippen LogP) is 4.57. The van der Waals surface area contributed by atoms with E-state index in [2.05, 4.69) is 15.4 Å². The van der Waals surface area contributed by atoms with Gasteiger partial charge >= 0.3 is 0 Å². The molecule has 0 spiro atoms. The molecule has 1 amide bonds. The average molecular weight is 551 g/mol. The minimum Gasteiger partial charge on any atom is -0.508 e. The van der Waals surface area contributed by atoms with Gasteiger partial charge in [-0.2, -0.15) is 4.37 Å². The number of nitrogens with zero attached hydrogens (tertiary/aromatic N) is 1. The number of aromatic hydroxyl groups is 1.